The molecule has 2 aliphatic rings. The zero-order chi connectivity index (χ0) is 14.4. The van der Waals surface area contributed by atoms with E-state index in [9.17, 15) is 4.79 Å². The lowest BCUT2D eigenvalue weighted by Gasteiger charge is -2.29. The van der Waals surface area contributed by atoms with E-state index in [-0.39, 0.29) is 11.9 Å². The van der Waals surface area contributed by atoms with Crippen molar-refractivity contribution in [3.63, 3.8) is 0 Å². The molecular formula is C17H20N2OS. The number of amides is 1. The Morgan fingerprint density at radius 1 is 1.24 bits per heavy atom. The minimum atomic E-state index is 0.192. The van der Waals surface area contributed by atoms with Gasteiger partial charge in [-0.2, -0.15) is 0 Å². The summed E-state index contributed by atoms with van der Waals surface area (Å²) in [4.78, 5) is 15.7. The second-order valence-electron chi connectivity index (χ2n) is 6.38. The van der Waals surface area contributed by atoms with Crippen molar-refractivity contribution < 1.29 is 4.79 Å². The number of nitrogens with two attached hydrogens (primary N) is 1. The number of nitrogens with zero attached hydrogens (tertiary/aromatic N) is 1. The van der Waals surface area contributed by atoms with Gasteiger partial charge in [-0.3, -0.25) is 4.79 Å². The Kier molecular flexibility index (Phi) is 3.23. The highest BCUT2D eigenvalue weighted by atomic mass is 32.1. The first-order valence-corrected chi connectivity index (χ1v) is 8.57. The lowest BCUT2D eigenvalue weighted by atomic mass is 9.78. The van der Waals surface area contributed by atoms with Gasteiger partial charge in [-0.15, -0.1) is 11.3 Å². The van der Waals surface area contributed by atoms with Gasteiger partial charge in [0, 0.05) is 23.8 Å². The Morgan fingerprint density at radius 2 is 2.10 bits per heavy atom. The summed E-state index contributed by atoms with van der Waals surface area (Å²) < 4.78 is 1.19. The summed E-state index contributed by atoms with van der Waals surface area (Å²) in [6.45, 7) is 1.74. The maximum Gasteiger partial charge on any atom is 0.263 e. The predicted molar refractivity (Wildman–Crippen MR) is 86.5 cm³/mol. The van der Waals surface area contributed by atoms with Crippen molar-refractivity contribution in [3.05, 3.63) is 35.2 Å². The molecule has 3 nitrogen and oxygen atoms in total. The normalized spacial score (nSPS) is 28.8. The van der Waals surface area contributed by atoms with Crippen LogP contribution in [0.1, 0.15) is 28.9 Å². The zero-order valence-corrected chi connectivity index (χ0v) is 12.8. The van der Waals surface area contributed by atoms with Crippen LogP contribution in [0.3, 0.4) is 0 Å². The molecule has 0 radical (unpaired) electrons. The summed E-state index contributed by atoms with van der Waals surface area (Å²) in [5.74, 6) is 1.32. The molecule has 1 saturated carbocycles. The number of thiophene rings is 1. The van der Waals surface area contributed by atoms with Crippen LogP contribution in [0, 0.1) is 11.8 Å². The molecule has 0 spiro atoms. The fourth-order valence-corrected chi connectivity index (χ4v) is 4.96. The van der Waals surface area contributed by atoms with Gasteiger partial charge in [0.05, 0.1) is 4.88 Å². The molecule has 1 aromatic heterocycles. The van der Waals surface area contributed by atoms with Crippen LogP contribution in [-0.4, -0.2) is 29.9 Å². The Balaban J connectivity index is 1.57. The van der Waals surface area contributed by atoms with Gasteiger partial charge < -0.3 is 10.6 Å². The number of carbonyl (C=O) groups is 1. The molecule has 2 aromatic rings. The van der Waals surface area contributed by atoms with Crippen LogP contribution < -0.4 is 5.73 Å². The molecule has 1 aromatic carbocycles. The molecule has 2 heterocycles. The van der Waals surface area contributed by atoms with Crippen molar-refractivity contribution in [2.75, 3.05) is 13.1 Å². The smallest absolute Gasteiger partial charge is 0.263 e. The molecule has 3 atom stereocenters. The van der Waals surface area contributed by atoms with Gasteiger partial charge in [-0.25, -0.2) is 0 Å². The first-order valence-electron chi connectivity index (χ1n) is 7.76. The molecule has 3 unspecified atom stereocenters. The van der Waals surface area contributed by atoms with E-state index in [1.165, 1.54) is 22.9 Å². The highest BCUT2D eigenvalue weighted by Gasteiger charge is 2.40. The van der Waals surface area contributed by atoms with Gasteiger partial charge in [0.15, 0.2) is 0 Å². The Hall–Kier alpha value is -1.39. The number of hydrogen-bond acceptors (Lipinski definition) is 3. The second kappa shape index (κ2) is 5.11. The molecule has 0 bridgehead atoms. The van der Waals surface area contributed by atoms with E-state index in [0.717, 1.165) is 24.4 Å². The van der Waals surface area contributed by atoms with E-state index < -0.39 is 0 Å². The fourth-order valence-electron chi connectivity index (χ4n) is 3.93. The van der Waals surface area contributed by atoms with E-state index in [4.69, 9.17) is 5.73 Å². The average Bonchev–Trinajstić information content (AvgIpc) is 3.11. The van der Waals surface area contributed by atoms with Gasteiger partial charge in [0.2, 0.25) is 0 Å². The highest BCUT2D eigenvalue weighted by Crippen LogP contribution is 2.37. The lowest BCUT2D eigenvalue weighted by Crippen LogP contribution is -2.38. The van der Waals surface area contributed by atoms with Gasteiger partial charge in [-0.05, 0) is 42.2 Å². The molecule has 4 heteroatoms. The van der Waals surface area contributed by atoms with Gasteiger partial charge in [0.25, 0.3) is 5.91 Å². The SMILES string of the molecule is NC1CCCC2CN(C(=O)c3cc4ccccc4s3)CC12. The fraction of sp³-hybridized carbons (Fsp3) is 0.471. The Morgan fingerprint density at radius 3 is 2.90 bits per heavy atom. The third kappa shape index (κ3) is 2.27. The molecule has 1 saturated heterocycles. The average molecular weight is 300 g/mol. The van der Waals surface area contributed by atoms with Gasteiger partial charge >= 0.3 is 0 Å². The molecule has 1 aliphatic heterocycles. The highest BCUT2D eigenvalue weighted by molar-refractivity contribution is 7.20. The number of hydrogen-bond donors (Lipinski definition) is 1. The molecule has 1 aliphatic carbocycles. The molecular weight excluding hydrogens is 280 g/mol. The van der Waals surface area contributed by atoms with Crippen LogP contribution in [0.25, 0.3) is 10.1 Å². The maximum absolute atomic E-state index is 12.8. The summed E-state index contributed by atoms with van der Waals surface area (Å²) in [6, 6.07) is 10.5. The first kappa shape index (κ1) is 13.3. The Labute approximate surface area is 128 Å². The Bertz CT molecular complexity index is 647. The summed E-state index contributed by atoms with van der Waals surface area (Å²) in [5.41, 5.74) is 6.25. The van der Waals surface area contributed by atoms with E-state index in [1.807, 2.05) is 23.1 Å². The van der Waals surface area contributed by atoms with Crippen molar-refractivity contribution in [2.45, 2.75) is 25.3 Å². The summed E-state index contributed by atoms with van der Waals surface area (Å²) in [5, 5.41) is 1.17. The van der Waals surface area contributed by atoms with E-state index >= 15 is 0 Å². The van der Waals surface area contributed by atoms with E-state index in [1.54, 1.807) is 11.3 Å². The third-order valence-corrected chi connectivity index (χ3v) is 6.18. The maximum atomic E-state index is 12.8. The third-order valence-electron chi connectivity index (χ3n) is 5.08. The predicted octanol–water partition coefficient (Wildman–Crippen LogP) is 3.10. The van der Waals surface area contributed by atoms with Gasteiger partial charge in [0.1, 0.15) is 0 Å². The first-order chi connectivity index (χ1) is 10.2. The molecule has 110 valence electrons. The number of carbonyl (C=O) groups excluding carboxylic acids is 1. The summed E-state index contributed by atoms with van der Waals surface area (Å²) >= 11 is 1.60. The van der Waals surface area contributed by atoms with Crippen LogP contribution in [0.2, 0.25) is 0 Å². The minimum absolute atomic E-state index is 0.192. The number of benzene rings is 1. The van der Waals surface area contributed by atoms with Crippen LogP contribution in [0.15, 0.2) is 30.3 Å². The molecule has 1 amide bonds. The molecule has 2 N–H and O–H groups in total. The standard InChI is InChI=1S/C17H20N2OS/c18-14-6-3-5-12-9-19(10-13(12)14)17(20)16-8-11-4-1-2-7-15(11)21-16/h1-2,4,7-8,12-14H,3,5-6,9-10,18H2. The monoisotopic (exact) mass is 300 g/mol. The van der Waals surface area contributed by atoms with Crippen molar-refractivity contribution >= 4 is 27.3 Å². The second-order valence-corrected chi connectivity index (χ2v) is 7.46. The largest absolute Gasteiger partial charge is 0.337 e. The van der Waals surface area contributed by atoms with E-state index in [0.29, 0.717) is 11.8 Å². The summed E-state index contributed by atoms with van der Waals surface area (Å²) in [6.07, 6.45) is 3.56. The summed E-state index contributed by atoms with van der Waals surface area (Å²) in [7, 11) is 0. The van der Waals surface area contributed by atoms with Crippen LogP contribution in [0.5, 0.6) is 0 Å². The van der Waals surface area contributed by atoms with Crippen LogP contribution in [0.4, 0.5) is 0 Å². The number of fused-ring (bicyclic) bond motifs is 2. The number of likely N-dealkylation sites (tertiary alicyclic amines) is 1. The van der Waals surface area contributed by atoms with Crippen molar-refractivity contribution in [2.24, 2.45) is 17.6 Å². The molecule has 2 fully saturated rings. The van der Waals surface area contributed by atoms with Crippen LogP contribution in [-0.2, 0) is 0 Å². The van der Waals surface area contributed by atoms with Crippen molar-refractivity contribution in [1.82, 2.24) is 4.90 Å². The number of rotatable bonds is 1. The van der Waals surface area contributed by atoms with E-state index in [2.05, 4.69) is 12.1 Å². The quantitative estimate of drug-likeness (QED) is 0.879. The van der Waals surface area contributed by atoms with Gasteiger partial charge in [-0.1, -0.05) is 24.6 Å². The molecule has 21 heavy (non-hydrogen) atoms. The lowest BCUT2D eigenvalue weighted by molar-refractivity contribution is 0.0788. The van der Waals surface area contributed by atoms with Crippen molar-refractivity contribution in [1.29, 1.82) is 0 Å². The zero-order valence-electron chi connectivity index (χ0n) is 12.0. The van der Waals surface area contributed by atoms with Crippen molar-refractivity contribution in [3.8, 4) is 0 Å². The topological polar surface area (TPSA) is 46.3 Å². The molecule has 4 rings (SSSR count). The van der Waals surface area contributed by atoms with Crippen LogP contribution >= 0.6 is 11.3 Å². The minimum Gasteiger partial charge on any atom is -0.337 e.